The van der Waals surface area contributed by atoms with Gasteiger partial charge in [-0.15, -0.1) is 0 Å². The molecule has 3 aromatic rings. The second-order valence-electron chi connectivity index (χ2n) is 3.96. The molecule has 0 saturated carbocycles. The topological polar surface area (TPSA) is 59.2 Å². The number of nitrogens with zero attached hydrogens (tertiary/aromatic N) is 2. The molecule has 0 bridgehead atoms. The molecule has 0 radical (unpaired) electrons. The predicted molar refractivity (Wildman–Crippen MR) is 73.2 cm³/mol. The van der Waals surface area contributed by atoms with Crippen molar-refractivity contribution in [2.75, 3.05) is 0 Å². The van der Waals surface area contributed by atoms with Gasteiger partial charge in [0.2, 0.25) is 5.89 Å². The van der Waals surface area contributed by atoms with Gasteiger partial charge in [-0.1, -0.05) is 23.2 Å². The highest BCUT2D eigenvalue weighted by Crippen LogP contribution is 2.32. The molecule has 0 aliphatic carbocycles. The largest absolute Gasteiger partial charge is 0.434 e. The highest BCUT2D eigenvalue weighted by molar-refractivity contribution is 6.35. The fourth-order valence-electron chi connectivity index (χ4n) is 1.80. The Labute approximate surface area is 118 Å². The Balaban J connectivity index is 2.22. The Kier molecular flexibility index (Phi) is 3.14. The van der Waals surface area contributed by atoms with Gasteiger partial charge in [-0.2, -0.15) is 0 Å². The Morgan fingerprint density at radius 3 is 2.79 bits per heavy atom. The van der Waals surface area contributed by atoms with Crippen LogP contribution in [0.3, 0.4) is 0 Å². The van der Waals surface area contributed by atoms with Crippen molar-refractivity contribution in [3.05, 3.63) is 46.2 Å². The molecule has 0 unspecified atom stereocenters. The minimum Gasteiger partial charge on any atom is -0.434 e. The van der Waals surface area contributed by atoms with E-state index >= 15 is 0 Å². The maximum absolute atomic E-state index is 9.14. The van der Waals surface area contributed by atoms with Crippen molar-refractivity contribution in [3.8, 4) is 11.5 Å². The summed E-state index contributed by atoms with van der Waals surface area (Å²) in [6.07, 6.45) is 3.13. The van der Waals surface area contributed by atoms with Crippen LogP contribution in [0.4, 0.5) is 0 Å². The summed E-state index contributed by atoms with van der Waals surface area (Å²) in [5.74, 6) is 0.374. The molecule has 0 fully saturated rings. The highest BCUT2D eigenvalue weighted by Gasteiger charge is 2.14. The lowest BCUT2D eigenvalue weighted by atomic mass is 10.2. The minimum atomic E-state index is -0.103. The Hall–Kier alpha value is -1.62. The van der Waals surface area contributed by atoms with Crippen LogP contribution in [0.2, 0.25) is 10.0 Å². The number of aliphatic hydroxyl groups is 1. The fraction of sp³-hybridized carbons (Fsp3) is 0.0769. The number of benzene rings is 1. The quantitative estimate of drug-likeness (QED) is 0.783. The second kappa shape index (κ2) is 4.81. The second-order valence-corrected chi connectivity index (χ2v) is 4.77. The molecule has 0 spiro atoms. The molecule has 0 aliphatic rings. The molecule has 0 aliphatic heterocycles. The Morgan fingerprint density at radius 1 is 1.21 bits per heavy atom. The van der Waals surface area contributed by atoms with Gasteiger partial charge in [0.25, 0.3) is 0 Å². The summed E-state index contributed by atoms with van der Waals surface area (Å²) in [5, 5.41) is 10.0. The molecular formula is C13H8Cl2N2O2. The van der Waals surface area contributed by atoms with Crippen LogP contribution in [0.15, 0.2) is 35.0 Å². The van der Waals surface area contributed by atoms with Crippen molar-refractivity contribution in [2.45, 2.75) is 6.61 Å². The van der Waals surface area contributed by atoms with Crippen LogP contribution in [-0.2, 0) is 6.61 Å². The zero-order chi connectivity index (χ0) is 13.4. The fourth-order valence-corrected chi connectivity index (χ4v) is 2.28. The van der Waals surface area contributed by atoms with Crippen molar-refractivity contribution in [1.82, 2.24) is 9.97 Å². The number of aliphatic hydroxyl groups excluding tert-OH is 1. The van der Waals surface area contributed by atoms with E-state index in [2.05, 4.69) is 9.97 Å². The predicted octanol–water partition coefficient (Wildman–Crippen LogP) is 3.69. The smallest absolute Gasteiger partial charge is 0.229 e. The van der Waals surface area contributed by atoms with Crippen LogP contribution < -0.4 is 0 Å². The lowest BCUT2D eigenvalue weighted by molar-refractivity contribution is 0.282. The van der Waals surface area contributed by atoms with Crippen molar-refractivity contribution in [3.63, 3.8) is 0 Å². The lowest BCUT2D eigenvalue weighted by Crippen LogP contribution is -1.83. The molecule has 96 valence electrons. The van der Waals surface area contributed by atoms with Gasteiger partial charge >= 0.3 is 0 Å². The Bertz CT molecular complexity index is 755. The summed E-state index contributed by atoms with van der Waals surface area (Å²) in [4.78, 5) is 8.25. The maximum Gasteiger partial charge on any atom is 0.229 e. The van der Waals surface area contributed by atoms with Crippen LogP contribution in [-0.4, -0.2) is 15.1 Å². The summed E-state index contributed by atoms with van der Waals surface area (Å²) >= 11 is 12.1. The van der Waals surface area contributed by atoms with Crippen molar-refractivity contribution >= 4 is 34.3 Å². The SMILES string of the molecule is OCc1cc(Cl)c2oc(-c3ccncc3Cl)nc2c1. The number of fused-ring (bicyclic) bond motifs is 1. The first-order chi connectivity index (χ1) is 9.19. The molecule has 0 amide bonds. The van der Waals surface area contributed by atoms with Crippen molar-refractivity contribution in [2.24, 2.45) is 0 Å². The van der Waals surface area contributed by atoms with E-state index in [1.54, 1.807) is 24.4 Å². The third-order valence-corrected chi connectivity index (χ3v) is 3.27. The summed E-state index contributed by atoms with van der Waals surface area (Å²) in [7, 11) is 0. The molecule has 2 aromatic heterocycles. The van der Waals surface area contributed by atoms with E-state index in [1.165, 1.54) is 6.20 Å². The number of rotatable bonds is 2. The monoisotopic (exact) mass is 294 g/mol. The third kappa shape index (κ3) is 2.18. The molecule has 0 atom stereocenters. The average Bonchev–Trinajstić information content (AvgIpc) is 2.83. The lowest BCUT2D eigenvalue weighted by Gasteiger charge is -1.97. The standard InChI is InChI=1S/C13H8Cl2N2O2/c14-9-3-7(6-18)4-11-12(9)19-13(17-11)8-1-2-16-5-10(8)15/h1-5,18H,6H2. The van der Waals surface area contributed by atoms with Crippen LogP contribution in [0.5, 0.6) is 0 Å². The zero-order valence-corrected chi connectivity index (χ0v) is 11.1. The Morgan fingerprint density at radius 2 is 2.05 bits per heavy atom. The van der Waals surface area contributed by atoms with Gasteiger partial charge in [0.15, 0.2) is 5.58 Å². The summed E-state index contributed by atoms with van der Waals surface area (Å²) in [5.41, 5.74) is 2.38. The summed E-state index contributed by atoms with van der Waals surface area (Å²) < 4.78 is 5.63. The van der Waals surface area contributed by atoms with Gasteiger partial charge in [-0.3, -0.25) is 4.98 Å². The highest BCUT2D eigenvalue weighted by atomic mass is 35.5. The van der Waals surface area contributed by atoms with E-state index in [-0.39, 0.29) is 6.61 Å². The van der Waals surface area contributed by atoms with Crippen LogP contribution in [0.25, 0.3) is 22.6 Å². The number of hydrogen-bond donors (Lipinski definition) is 1. The third-order valence-electron chi connectivity index (χ3n) is 2.69. The molecule has 0 saturated heterocycles. The molecule has 19 heavy (non-hydrogen) atoms. The van der Waals surface area contributed by atoms with Gasteiger partial charge in [0.1, 0.15) is 5.52 Å². The number of pyridine rings is 1. The molecule has 6 heteroatoms. The van der Waals surface area contributed by atoms with Gasteiger partial charge < -0.3 is 9.52 Å². The zero-order valence-electron chi connectivity index (χ0n) is 9.60. The van der Waals surface area contributed by atoms with Gasteiger partial charge in [-0.05, 0) is 23.8 Å². The molecular weight excluding hydrogens is 287 g/mol. The number of halogens is 2. The first kappa shape index (κ1) is 12.4. The molecule has 3 rings (SSSR count). The van der Waals surface area contributed by atoms with E-state index in [4.69, 9.17) is 32.7 Å². The van der Waals surface area contributed by atoms with Crippen LogP contribution in [0, 0.1) is 0 Å². The van der Waals surface area contributed by atoms with E-state index in [0.29, 0.717) is 38.2 Å². The number of oxazole rings is 1. The number of hydrogen-bond acceptors (Lipinski definition) is 4. The van der Waals surface area contributed by atoms with Crippen LogP contribution in [0.1, 0.15) is 5.56 Å². The maximum atomic E-state index is 9.14. The molecule has 2 heterocycles. The van der Waals surface area contributed by atoms with Gasteiger partial charge in [0.05, 0.1) is 22.2 Å². The van der Waals surface area contributed by atoms with E-state index < -0.39 is 0 Å². The molecule has 4 nitrogen and oxygen atoms in total. The van der Waals surface area contributed by atoms with Gasteiger partial charge in [0, 0.05) is 12.4 Å². The summed E-state index contributed by atoms with van der Waals surface area (Å²) in [6, 6.07) is 5.09. The van der Waals surface area contributed by atoms with E-state index in [0.717, 1.165) is 0 Å². The molecule has 1 aromatic carbocycles. The average molecular weight is 295 g/mol. The number of aromatic nitrogens is 2. The van der Waals surface area contributed by atoms with E-state index in [9.17, 15) is 0 Å². The van der Waals surface area contributed by atoms with Crippen molar-refractivity contribution < 1.29 is 9.52 Å². The molecule has 1 N–H and O–H groups in total. The van der Waals surface area contributed by atoms with Crippen LogP contribution >= 0.6 is 23.2 Å². The van der Waals surface area contributed by atoms with Gasteiger partial charge in [-0.25, -0.2) is 4.98 Å². The van der Waals surface area contributed by atoms with Crippen molar-refractivity contribution in [1.29, 1.82) is 0 Å². The minimum absolute atomic E-state index is 0.103. The first-order valence-corrected chi connectivity index (χ1v) is 6.24. The normalized spacial score (nSPS) is 11.1. The first-order valence-electron chi connectivity index (χ1n) is 5.48. The van der Waals surface area contributed by atoms with E-state index in [1.807, 2.05) is 0 Å². The summed E-state index contributed by atoms with van der Waals surface area (Å²) in [6.45, 7) is -0.103.